The van der Waals surface area contributed by atoms with E-state index in [0.717, 1.165) is 19.3 Å². The molecule has 0 aromatic carbocycles. The third-order valence-corrected chi connectivity index (χ3v) is 3.22. The maximum Gasteiger partial charge on any atom is 0.0323 e. The summed E-state index contributed by atoms with van der Waals surface area (Å²) in [7, 11) is 4.19. The second-order valence-corrected chi connectivity index (χ2v) is 4.08. The van der Waals surface area contributed by atoms with Gasteiger partial charge in [-0.25, -0.2) is 0 Å². The number of likely N-dealkylation sites (N-methyl/N-ethyl adjacent to an activating group) is 1. The van der Waals surface area contributed by atoms with Gasteiger partial charge in [-0.05, 0) is 40.3 Å². The minimum atomic E-state index is 0.114. The highest BCUT2D eigenvalue weighted by Crippen LogP contribution is 2.22. The molecule has 0 aromatic rings. The van der Waals surface area contributed by atoms with Crippen LogP contribution in [-0.4, -0.2) is 30.6 Å². The second kappa shape index (κ2) is 5.40. The standard InChI is InChI=1S/C11H24N2/c1-6-8-9-10(12)11(3,7-2)13(4)5/h6,10H,1,7-9,12H2,2-5H3. The normalized spacial score (nSPS) is 18.3. The average Bonchev–Trinajstić information content (AvgIpc) is 2.12. The topological polar surface area (TPSA) is 29.3 Å². The van der Waals surface area contributed by atoms with Gasteiger partial charge in [0.2, 0.25) is 0 Å². The third-order valence-electron chi connectivity index (χ3n) is 3.22. The minimum absolute atomic E-state index is 0.114. The Balaban J connectivity index is 4.28. The van der Waals surface area contributed by atoms with Crippen LogP contribution in [0.1, 0.15) is 33.1 Å². The fourth-order valence-electron chi connectivity index (χ4n) is 1.52. The highest BCUT2D eigenvalue weighted by atomic mass is 15.2. The molecule has 2 nitrogen and oxygen atoms in total. The number of rotatable bonds is 6. The van der Waals surface area contributed by atoms with Crippen molar-refractivity contribution in [2.45, 2.75) is 44.7 Å². The van der Waals surface area contributed by atoms with E-state index in [1.54, 1.807) is 0 Å². The van der Waals surface area contributed by atoms with Crippen molar-refractivity contribution in [1.82, 2.24) is 4.90 Å². The molecule has 0 saturated carbocycles. The Labute approximate surface area is 82.8 Å². The molecule has 0 spiro atoms. The maximum absolute atomic E-state index is 6.16. The Morgan fingerprint density at radius 1 is 1.54 bits per heavy atom. The van der Waals surface area contributed by atoms with Crippen LogP contribution in [0.2, 0.25) is 0 Å². The van der Waals surface area contributed by atoms with E-state index in [4.69, 9.17) is 5.73 Å². The summed E-state index contributed by atoms with van der Waals surface area (Å²) in [6.07, 6.45) is 5.04. The molecule has 0 fully saturated rings. The molecule has 78 valence electrons. The van der Waals surface area contributed by atoms with Gasteiger partial charge >= 0.3 is 0 Å². The van der Waals surface area contributed by atoms with Gasteiger partial charge in [0.25, 0.3) is 0 Å². The molecule has 2 heteroatoms. The molecule has 0 aliphatic rings. The predicted molar refractivity (Wildman–Crippen MR) is 59.8 cm³/mol. The fourth-order valence-corrected chi connectivity index (χ4v) is 1.52. The highest BCUT2D eigenvalue weighted by Gasteiger charge is 2.31. The molecule has 0 heterocycles. The first-order valence-electron chi connectivity index (χ1n) is 5.03. The molecule has 0 aromatic heterocycles. The quantitative estimate of drug-likeness (QED) is 0.640. The molecular weight excluding hydrogens is 160 g/mol. The zero-order valence-corrected chi connectivity index (χ0v) is 9.51. The van der Waals surface area contributed by atoms with E-state index >= 15 is 0 Å². The summed E-state index contributed by atoms with van der Waals surface area (Å²) >= 11 is 0. The summed E-state index contributed by atoms with van der Waals surface area (Å²) in [6, 6.07) is 0.227. The predicted octanol–water partition coefficient (Wildman–Crippen LogP) is 2.01. The van der Waals surface area contributed by atoms with Crippen LogP contribution in [0.3, 0.4) is 0 Å². The van der Waals surface area contributed by atoms with Crippen LogP contribution in [-0.2, 0) is 0 Å². The lowest BCUT2D eigenvalue weighted by molar-refractivity contribution is 0.127. The van der Waals surface area contributed by atoms with Crippen LogP contribution in [0.25, 0.3) is 0 Å². The summed E-state index contributed by atoms with van der Waals surface area (Å²) in [5.41, 5.74) is 6.27. The second-order valence-electron chi connectivity index (χ2n) is 4.08. The molecule has 0 saturated heterocycles. The summed E-state index contributed by atoms with van der Waals surface area (Å²) in [4.78, 5) is 2.22. The van der Waals surface area contributed by atoms with Gasteiger partial charge in [0, 0.05) is 11.6 Å². The summed E-state index contributed by atoms with van der Waals surface area (Å²) in [5.74, 6) is 0. The molecule has 2 atom stereocenters. The maximum atomic E-state index is 6.16. The van der Waals surface area contributed by atoms with E-state index < -0.39 is 0 Å². The zero-order chi connectivity index (χ0) is 10.5. The van der Waals surface area contributed by atoms with Crippen molar-refractivity contribution in [1.29, 1.82) is 0 Å². The Morgan fingerprint density at radius 3 is 2.38 bits per heavy atom. The first-order valence-corrected chi connectivity index (χ1v) is 5.03. The van der Waals surface area contributed by atoms with Gasteiger partial charge in [-0.15, -0.1) is 6.58 Å². The van der Waals surface area contributed by atoms with Crippen molar-refractivity contribution >= 4 is 0 Å². The van der Waals surface area contributed by atoms with E-state index in [1.165, 1.54) is 0 Å². The van der Waals surface area contributed by atoms with E-state index in [2.05, 4.69) is 39.4 Å². The number of nitrogens with zero attached hydrogens (tertiary/aromatic N) is 1. The van der Waals surface area contributed by atoms with Crippen LogP contribution in [0, 0.1) is 0 Å². The minimum Gasteiger partial charge on any atom is -0.326 e. The molecule has 0 rings (SSSR count). The van der Waals surface area contributed by atoms with E-state index in [-0.39, 0.29) is 11.6 Å². The van der Waals surface area contributed by atoms with Crippen molar-refractivity contribution in [2.75, 3.05) is 14.1 Å². The average molecular weight is 184 g/mol. The smallest absolute Gasteiger partial charge is 0.0323 e. The number of hydrogen-bond donors (Lipinski definition) is 1. The molecule has 13 heavy (non-hydrogen) atoms. The lowest BCUT2D eigenvalue weighted by atomic mass is 9.86. The van der Waals surface area contributed by atoms with Gasteiger partial charge in [-0.1, -0.05) is 13.0 Å². The van der Waals surface area contributed by atoms with Crippen molar-refractivity contribution in [3.05, 3.63) is 12.7 Å². The Morgan fingerprint density at radius 2 is 2.08 bits per heavy atom. The fraction of sp³-hybridized carbons (Fsp3) is 0.818. The van der Waals surface area contributed by atoms with Crippen molar-refractivity contribution < 1.29 is 0 Å². The van der Waals surface area contributed by atoms with Crippen molar-refractivity contribution in [3.8, 4) is 0 Å². The number of hydrogen-bond acceptors (Lipinski definition) is 2. The Bertz CT molecular complexity index is 154. The van der Waals surface area contributed by atoms with Crippen molar-refractivity contribution in [3.63, 3.8) is 0 Å². The van der Waals surface area contributed by atoms with Gasteiger partial charge in [0.15, 0.2) is 0 Å². The Hall–Kier alpha value is -0.340. The van der Waals surface area contributed by atoms with Gasteiger partial charge in [-0.2, -0.15) is 0 Å². The summed E-state index contributed by atoms with van der Waals surface area (Å²) in [5, 5.41) is 0. The van der Waals surface area contributed by atoms with Gasteiger partial charge in [0.05, 0.1) is 0 Å². The van der Waals surface area contributed by atoms with Crippen molar-refractivity contribution in [2.24, 2.45) is 5.73 Å². The number of nitrogens with two attached hydrogens (primary N) is 1. The van der Waals surface area contributed by atoms with Crippen LogP contribution in [0.5, 0.6) is 0 Å². The first-order chi connectivity index (χ1) is 5.99. The molecule has 0 aliphatic heterocycles. The zero-order valence-electron chi connectivity index (χ0n) is 9.51. The first kappa shape index (κ1) is 12.7. The van der Waals surface area contributed by atoms with Gasteiger partial charge in [0.1, 0.15) is 0 Å². The van der Waals surface area contributed by atoms with E-state index in [9.17, 15) is 0 Å². The summed E-state index contributed by atoms with van der Waals surface area (Å²) < 4.78 is 0. The molecular formula is C11H24N2. The third kappa shape index (κ3) is 3.12. The Kier molecular flexibility index (Phi) is 5.26. The molecule has 0 amide bonds. The number of allylic oxidation sites excluding steroid dienone is 1. The highest BCUT2D eigenvalue weighted by molar-refractivity contribution is 4.93. The largest absolute Gasteiger partial charge is 0.326 e. The molecule has 2 unspecified atom stereocenters. The van der Waals surface area contributed by atoms with Gasteiger partial charge in [-0.3, -0.25) is 0 Å². The van der Waals surface area contributed by atoms with Gasteiger partial charge < -0.3 is 10.6 Å². The van der Waals surface area contributed by atoms with E-state index in [0.29, 0.717) is 0 Å². The van der Waals surface area contributed by atoms with Crippen LogP contribution in [0.4, 0.5) is 0 Å². The molecule has 0 radical (unpaired) electrons. The summed E-state index contributed by atoms with van der Waals surface area (Å²) in [6.45, 7) is 8.13. The van der Waals surface area contributed by atoms with Crippen LogP contribution < -0.4 is 5.73 Å². The molecule has 0 bridgehead atoms. The lowest BCUT2D eigenvalue weighted by Crippen LogP contribution is -2.54. The lowest BCUT2D eigenvalue weighted by Gasteiger charge is -2.40. The van der Waals surface area contributed by atoms with E-state index in [1.807, 2.05) is 6.08 Å². The molecule has 2 N–H and O–H groups in total. The SMILES string of the molecule is C=CCCC(N)C(C)(CC)N(C)C. The van der Waals surface area contributed by atoms with Crippen LogP contribution in [0.15, 0.2) is 12.7 Å². The molecule has 0 aliphatic carbocycles. The van der Waals surface area contributed by atoms with Crippen LogP contribution >= 0.6 is 0 Å². The monoisotopic (exact) mass is 184 g/mol.